The third-order valence-corrected chi connectivity index (χ3v) is 3.63. The smallest absolute Gasteiger partial charge is 0.407 e. The second kappa shape index (κ2) is 10.7. The van der Waals surface area contributed by atoms with E-state index in [1.54, 1.807) is 0 Å². The predicted molar refractivity (Wildman–Crippen MR) is 92.0 cm³/mol. The number of amidine groups is 1. The highest BCUT2D eigenvalue weighted by Crippen LogP contribution is 2.11. The predicted octanol–water partition coefficient (Wildman–Crippen LogP) is 1.40. The molecule has 1 aromatic carbocycles. The zero-order chi connectivity index (χ0) is 17.9. The lowest BCUT2D eigenvalue weighted by molar-refractivity contribution is -0.277. The van der Waals surface area contributed by atoms with E-state index in [9.17, 15) is 4.79 Å². The summed E-state index contributed by atoms with van der Waals surface area (Å²) in [5.74, 6) is 0.662. The number of nitrogens with two attached hydrogens (primary N) is 1. The number of benzene rings is 1. The Balaban J connectivity index is 1.71. The number of carbonyl (C=O) groups is 1. The van der Waals surface area contributed by atoms with Crippen LogP contribution < -0.4 is 11.1 Å². The molecule has 8 nitrogen and oxygen atoms in total. The molecule has 0 saturated heterocycles. The number of hydrogen-bond acceptors (Lipinski definition) is 7. The Morgan fingerprint density at radius 2 is 2.16 bits per heavy atom. The molecule has 1 aromatic rings. The molecule has 0 aromatic heterocycles. The average Bonchev–Trinajstić information content (AvgIpc) is 3.04. The van der Waals surface area contributed by atoms with Crippen molar-refractivity contribution in [3.63, 3.8) is 0 Å². The molecule has 1 amide bonds. The van der Waals surface area contributed by atoms with Crippen LogP contribution in [0.5, 0.6) is 0 Å². The first-order valence-corrected chi connectivity index (χ1v) is 8.20. The van der Waals surface area contributed by atoms with E-state index in [0.717, 1.165) is 18.4 Å². The summed E-state index contributed by atoms with van der Waals surface area (Å²) < 4.78 is 10.8. The van der Waals surface area contributed by atoms with Gasteiger partial charge in [-0.25, -0.2) is 14.6 Å². The maximum atomic E-state index is 11.9. The van der Waals surface area contributed by atoms with Gasteiger partial charge in [-0.15, -0.1) is 0 Å². The highest BCUT2D eigenvalue weighted by molar-refractivity contribution is 5.82. The first-order valence-electron chi connectivity index (χ1n) is 8.20. The first kappa shape index (κ1) is 19.2. The minimum Gasteiger partial charge on any atom is -0.445 e. The Hall–Kier alpha value is -2.16. The van der Waals surface area contributed by atoms with Gasteiger partial charge in [-0.05, 0) is 12.0 Å². The second-order valence-electron chi connectivity index (χ2n) is 5.70. The normalized spacial score (nSPS) is 17.8. The summed E-state index contributed by atoms with van der Waals surface area (Å²) in [6, 6.07) is 9.13. The van der Waals surface area contributed by atoms with Crippen LogP contribution in [0.3, 0.4) is 0 Å². The minimum absolute atomic E-state index is 0.0778. The molecule has 1 unspecified atom stereocenters. The van der Waals surface area contributed by atoms with Gasteiger partial charge >= 0.3 is 6.09 Å². The second-order valence-corrected chi connectivity index (χ2v) is 5.70. The summed E-state index contributed by atoms with van der Waals surface area (Å²) in [7, 11) is 1.40. The van der Waals surface area contributed by atoms with Crippen molar-refractivity contribution in [2.45, 2.75) is 31.5 Å². The van der Waals surface area contributed by atoms with Crippen molar-refractivity contribution in [3.8, 4) is 0 Å². The van der Waals surface area contributed by atoms with Crippen molar-refractivity contribution in [1.82, 2.24) is 5.32 Å². The first-order chi connectivity index (χ1) is 12.2. The monoisotopic (exact) mass is 351 g/mol. The quantitative estimate of drug-likeness (QED) is 0.488. The molecule has 0 bridgehead atoms. The fourth-order valence-corrected chi connectivity index (χ4v) is 2.36. The maximum absolute atomic E-state index is 11.9. The van der Waals surface area contributed by atoms with Gasteiger partial charge in [-0.2, -0.15) is 0 Å². The molecule has 1 aliphatic heterocycles. The van der Waals surface area contributed by atoms with E-state index in [1.165, 1.54) is 7.11 Å². The third-order valence-electron chi connectivity index (χ3n) is 3.63. The molecular weight excluding hydrogens is 326 g/mol. The average molecular weight is 351 g/mol. The number of nitrogens with zero attached hydrogens (tertiary/aromatic N) is 1. The van der Waals surface area contributed by atoms with E-state index in [2.05, 4.69) is 15.2 Å². The third kappa shape index (κ3) is 7.51. The van der Waals surface area contributed by atoms with E-state index in [1.807, 2.05) is 30.3 Å². The number of nitrogens with one attached hydrogen (secondary N) is 1. The largest absolute Gasteiger partial charge is 0.445 e. The van der Waals surface area contributed by atoms with Gasteiger partial charge in [0.05, 0.1) is 38.2 Å². The van der Waals surface area contributed by atoms with Gasteiger partial charge in [0, 0.05) is 6.42 Å². The zero-order valence-corrected chi connectivity index (χ0v) is 14.3. The van der Waals surface area contributed by atoms with Crippen molar-refractivity contribution in [3.05, 3.63) is 35.9 Å². The van der Waals surface area contributed by atoms with E-state index in [-0.39, 0.29) is 25.9 Å². The highest BCUT2D eigenvalue weighted by atomic mass is 17.2. The molecule has 8 heteroatoms. The molecular formula is C17H25N3O5. The van der Waals surface area contributed by atoms with Crippen molar-refractivity contribution >= 4 is 11.9 Å². The summed E-state index contributed by atoms with van der Waals surface area (Å²) in [6.07, 6.45) is 1.15. The standard InChI is InChI=1S/C17H25N3O5/c1-22-25-12-15(11-23-10-14-7-8-16(18)19-14)20-17(21)24-9-13-5-3-2-4-6-13/h2-6,14-15H,7-12H2,1H3,(H2,18,19)(H,20,21)/t14-,15?/m0/s1. The zero-order valence-electron chi connectivity index (χ0n) is 14.3. The van der Waals surface area contributed by atoms with Crippen LogP contribution in [-0.4, -0.2) is 50.9 Å². The Morgan fingerprint density at radius 1 is 1.36 bits per heavy atom. The summed E-state index contributed by atoms with van der Waals surface area (Å²) in [6.45, 7) is 1.05. The van der Waals surface area contributed by atoms with E-state index in [4.69, 9.17) is 20.1 Å². The molecule has 0 spiro atoms. The highest BCUT2D eigenvalue weighted by Gasteiger charge is 2.18. The van der Waals surface area contributed by atoms with Gasteiger partial charge in [0.25, 0.3) is 0 Å². The molecule has 1 heterocycles. The lowest BCUT2D eigenvalue weighted by Crippen LogP contribution is -2.42. The topological polar surface area (TPSA) is 104 Å². The SMILES string of the molecule is COOCC(COC[C@@H]1CCC(N)=N1)NC(=O)OCc1ccccc1. The van der Waals surface area contributed by atoms with Gasteiger partial charge < -0.3 is 20.5 Å². The number of alkyl carbamates (subject to hydrolysis) is 1. The summed E-state index contributed by atoms with van der Waals surface area (Å²) >= 11 is 0. The van der Waals surface area contributed by atoms with Crippen LogP contribution in [0.1, 0.15) is 18.4 Å². The molecule has 25 heavy (non-hydrogen) atoms. The minimum atomic E-state index is -0.541. The molecule has 2 rings (SSSR count). The molecule has 3 N–H and O–H groups in total. The molecule has 0 radical (unpaired) electrons. The Morgan fingerprint density at radius 3 is 2.84 bits per heavy atom. The number of hydrogen-bond donors (Lipinski definition) is 2. The Labute approximate surface area is 147 Å². The lowest BCUT2D eigenvalue weighted by Gasteiger charge is -2.18. The fourth-order valence-electron chi connectivity index (χ4n) is 2.36. The number of carbonyl (C=O) groups excluding carboxylic acids is 1. The Kier molecular flexibility index (Phi) is 8.17. The molecule has 138 valence electrons. The van der Waals surface area contributed by atoms with Crippen molar-refractivity contribution in [2.24, 2.45) is 10.7 Å². The van der Waals surface area contributed by atoms with E-state index >= 15 is 0 Å². The Bertz CT molecular complexity index is 552. The van der Waals surface area contributed by atoms with Crippen LogP contribution in [0, 0.1) is 0 Å². The molecule has 0 fully saturated rings. The molecule has 2 atom stereocenters. The number of ether oxygens (including phenoxy) is 2. The summed E-state index contributed by atoms with van der Waals surface area (Å²) in [5.41, 5.74) is 6.57. The van der Waals surface area contributed by atoms with Crippen molar-refractivity contribution in [1.29, 1.82) is 0 Å². The summed E-state index contributed by atoms with van der Waals surface area (Å²) in [5, 5.41) is 2.70. The van der Waals surface area contributed by atoms with E-state index in [0.29, 0.717) is 12.4 Å². The number of rotatable bonds is 10. The van der Waals surface area contributed by atoms with Gasteiger partial charge in [0.15, 0.2) is 0 Å². The van der Waals surface area contributed by atoms with Crippen LogP contribution in [-0.2, 0) is 25.9 Å². The van der Waals surface area contributed by atoms with Gasteiger partial charge in [0.1, 0.15) is 13.2 Å². The van der Waals surface area contributed by atoms with Gasteiger partial charge in [-0.3, -0.25) is 4.99 Å². The number of amides is 1. The van der Waals surface area contributed by atoms with Crippen LogP contribution in [0.25, 0.3) is 0 Å². The van der Waals surface area contributed by atoms with Gasteiger partial charge in [-0.1, -0.05) is 30.3 Å². The molecule has 0 saturated carbocycles. The van der Waals surface area contributed by atoms with Crippen molar-refractivity contribution < 1.29 is 24.0 Å². The van der Waals surface area contributed by atoms with Crippen LogP contribution in [0.2, 0.25) is 0 Å². The van der Waals surface area contributed by atoms with Crippen LogP contribution >= 0.6 is 0 Å². The van der Waals surface area contributed by atoms with Gasteiger partial charge in [0.2, 0.25) is 0 Å². The van der Waals surface area contributed by atoms with Crippen LogP contribution in [0.15, 0.2) is 35.3 Å². The van der Waals surface area contributed by atoms with Crippen molar-refractivity contribution in [2.75, 3.05) is 26.9 Å². The lowest BCUT2D eigenvalue weighted by atomic mass is 10.2. The maximum Gasteiger partial charge on any atom is 0.407 e. The van der Waals surface area contributed by atoms with Crippen LogP contribution in [0.4, 0.5) is 4.79 Å². The molecule has 1 aliphatic rings. The summed E-state index contributed by atoms with van der Waals surface area (Å²) in [4.78, 5) is 25.7. The molecule has 0 aliphatic carbocycles. The van der Waals surface area contributed by atoms with E-state index < -0.39 is 12.1 Å². The number of aliphatic imine (C=N–C) groups is 1. The fraction of sp³-hybridized carbons (Fsp3) is 0.529.